The molecule has 0 radical (unpaired) electrons. The smallest absolute Gasteiger partial charge is 0.243 e. The van der Waals surface area contributed by atoms with Gasteiger partial charge in [0.05, 0.1) is 6.04 Å². The Bertz CT molecular complexity index is 393. The Balaban J connectivity index is 2.15. The lowest BCUT2D eigenvalue weighted by Crippen LogP contribution is -2.23. The lowest BCUT2D eigenvalue weighted by Gasteiger charge is -2.27. The summed E-state index contributed by atoms with van der Waals surface area (Å²) in [6.07, 6.45) is 2.16. The quantitative estimate of drug-likeness (QED) is 0.873. The molecule has 1 aliphatic rings. The third-order valence-corrected chi connectivity index (χ3v) is 3.23. The van der Waals surface area contributed by atoms with Gasteiger partial charge in [-0.25, -0.2) is 0 Å². The molecular weight excluding hydrogens is 230 g/mol. The first-order valence-electron chi connectivity index (χ1n) is 6.64. The van der Waals surface area contributed by atoms with Crippen LogP contribution in [-0.4, -0.2) is 16.7 Å². The monoisotopic (exact) mass is 253 g/mol. The summed E-state index contributed by atoms with van der Waals surface area (Å²) in [5, 5.41) is 4.04. The average molecular weight is 253 g/mol. The first-order valence-corrected chi connectivity index (χ1v) is 6.64. The lowest BCUT2D eigenvalue weighted by atomic mass is 9.88. The van der Waals surface area contributed by atoms with E-state index in [4.69, 9.17) is 15.0 Å². The first-order chi connectivity index (χ1) is 8.43. The minimum absolute atomic E-state index is 0.0686. The summed E-state index contributed by atoms with van der Waals surface area (Å²) in [5.41, 5.74) is 5.99. The number of nitrogens with zero attached hydrogens (tertiary/aromatic N) is 2. The standard InChI is InChI=1S/C13H23N3O2/c1-5-17-10(13(2,3)4)11-15-12(18-16-11)9(14)8-6-7-8/h8-10H,5-7,14H2,1-4H3. The van der Waals surface area contributed by atoms with Gasteiger partial charge < -0.3 is 15.0 Å². The Labute approximate surface area is 108 Å². The summed E-state index contributed by atoms with van der Waals surface area (Å²) in [6, 6.07) is -0.117. The van der Waals surface area contributed by atoms with E-state index >= 15 is 0 Å². The second-order valence-corrected chi connectivity index (χ2v) is 6.06. The van der Waals surface area contributed by atoms with E-state index in [2.05, 4.69) is 30.9 Å². The number of aromatic nitrogens is 2. The second-order valence-electron chi connectivity index (χ2n) is 6.06. The molecule has 1 aromatic heterocycles. The highest BCUT2D eigenvalue weighted by Gasteiger charge is 2.36. The number of hydrogen-bond acceptors (Lipinski definition) is 5. The Morgan fingerprint density at radius 1 is 1.44 bits per heavy atom. The molecule has 102 valence electrons. The minimum Gasteiger partial charge on any atom is -0.370 e. The lowest BCUT2D eigenvalue weighted by molar-refractivity contribution is -0.0203. The zero-order chi connectivity index (χ0) is 13.3. The fourth-order valence-corrected chi connectivity index (χ4v) is 2.02. The molecule has 0 amide bonds. The molecule has 18 heavy (non-hydrogen) atoms. The Hall–Kier alpha value is -0.940. The maximum Gasteiger partial charge on any atom is 0.243 e. The van der Waals surface area contributed by atoms with Gasteiger partial charge in [-0.15, -0.1) is 0 Å². The summed E-state index contributed by atoms with van der Waals surface area (Å²) in [6.45, 7) is 8.90. The molecule has 1 saturated carbocycles. The Kier molecular flexibility index (Phi) is 3.73. The van der Waals surface area contributed by atoms with Crippen LogP contribution in [0.1, 0.15) is 64.4 Å². The van der Waals surface area contributed by atoms with Crippen LogP contribution in [0.3, 0.4) is 0 Å². The van der Waals surface area contributed by atoms with Gasteiger partial charge in [0.2, 0.25) is 11.7 Å². The van der Waals surface area contributed by atoms with Crippen LogP contribution in [0.5, 0.6) is 0 Å². The zero-order valence-electron chi connectivity index (χ0n) is 11.6. The van der Waals surface area contributed by atoms with Gasteiger partial charge >= 0.3 is 0 Å². The van der Waals surface area contributed by atoms with Crippen molar-refractivity contribution in [1.29, 1.82) is 0 Å². The third kappa shape index (κ3) is 2.90. The van der Waals surface area contributed by atoms with Crippen LogP contribution in [-0.2, 0) is 4.74 Å². The minimum atomic E-state index is -0.161. The van der Waals surface area contributed by atoms with Crippen molar-refractivity contribution in [3.05, 3.63) is 11.7 Å². The van der Waals surface area contributed by atoms with Crippen LogP contribution >= 0.6 is 0 Å². The first kappa shape index (κ1) is 13.5. The molecule has 2 unspecified atom stereocenters. The van der Waals surface area contributed by atoms with E-state index in [0.29, 0.717) is 24.2 Å². The predicted molar refractivity (Wildman–Crippen MR) is 67.8 cm³/mol. The van der Waals surface area contributed by atoms with Crippen molar-refractivity contribution in [3.63, 3.8) is 0 Å². The Morgan fingerprint density at radius 2 is 2.11 bits per heavy atom. The molecule has 0 aromatic carbocycles. The molecule has 5 nitrogen and oxygen atoms in total. The van der Waals surface area contributed by atoms with E-state index < -0.39 is 0 Å². The molecule has 2 N–H and O–H groups in total. The highest BCUT2D eigenvalue weighted by atomic mass is 16.5. The fraction of sp³-hybridized carbons (Fsp3) is 0.846. The van der Waals surface area contributed by atoms with Crippen LogP contribution in [0, 0.1) is 11.3 Å². The highest BCUT2D eigenvalue weighted by molar-refractivity contribution is 5.02. The summed E-state index contributed by atoms with van der Waals surface area (Å²) in [5.74, 6) is 1.66. The van der Waals surface area contributed by atoms with Gasteiger partial charge in [-0.1, -0.05) is 25.9 Å². The van der Waals surface area contributed by atoms with E-state index in [0.717, 1.165) is 12.8 Å². The van der Waals surface area contributed by atoms with Crippen LogP contribution in [0.25, 0.3) is 0 Å². The number of rotatable bonds is 5. The van der Waals surface area contributed by atoms with E-state index in [1.165, 1.54) is 0 Å². The van der Waals surface area contributed by atoms with E-state index in [1.807, 2.05) is 6.92 Å². The number of hydrogen-bond donors (Lipinski definition) is 1. The van der Waals surface area contributed by atoms with E-state index in [-0.39, 0.29) is 17.6 Å². The van der Waals surface area contributed by atoms with Crippen LogP contribution in [0.15, 0.2) is 4.52 Å². The molecule has 2 atom stereocenters. The van der Waals surface area contributed by atoms with Gasteiger partial charge in [-0.2, -0.15) is 4.98 Å². The second kappa shape index (κ2) is 4.97. The maximum absolute atomic E-state index is 6.06. The third-order valence-electron chi connectivity index (χ3n) is 3.23. The van der Waals surface area contributed by atoms with Crippen LogP contribution < -0.4 is 5.73 Å². The molecule has 1 heterocycles. The summed E-state index contributed by atoms with van der Waals surface area (Å²) < 4.78 is 11.0. The maximum atomic E-state index is 6.06. The van der Waals surface area contributed by atoms with Crippen molar-refractivity contribution in [2.24, 2.45) is 17.1 Å². The van der Waals surface area contributed by atoms with Crippen molar-refractivity contribution < 1.29 is 9.26 Å². The van der Waals surface area contributed by atoms with Crippen molar-refractivity contribution in [2.75, 3.05) is 6.61 Å². The molecule has 0 aliphatic heterocycles. The van der Waals surface area contributed by atoms with Gasteiger partial charge in [0.15, 0.2) is 0 Å². The van der Waals surface area contributed by atoms with Gasteiger partial charge in [-0.05, 0) is 31.1 Å². The van der Waals surface area contributed by atoms with Gasteiger partial charge in [0, 0.05) is 6.61 Å². The van der Waals surface area contributed by atoms with Crippen molar-refractivity contribution >= 4 is 0 Å². The predicted octanol–water partition coefficient (Wildman–Crippen LogP) is 2.60. The molecule has 5 heteroatoms. The average Bonchev–Trinajstić information content (AvgIpc) is 3.02. The molecule has 2 rings (SSSR count). The largest absolute Gasteiger partial charge is 0.370 e. The molecule has 0 spiro atoms. The summed E-state index contributed by atoms with van der Waals surface area (Å²) in [7, 11) is 0. The van der Waals surface area contributed by atoms with Crippen molar-refractivity contribution in [3.8, 4) is 0 Å². The fourth-order valence-electron chi connectivity index (χ4n) is 2.02. The normalized spacial score (nSPS) is 19.8. The van der Waals surface area contributed by atoms with Crippen molar-refractivity contribution in [2.45, 2.75) is 52.7 Å². The molecule has 0 saturated heterocycles. The molecule has 1 aliphatic carbocycles. The van der Waals surface area contributed by atoms with Gasteiger partial charge in [0.25, 0.3) is 0 Å². The number of nitrogens with two attached hydrogens (primary N) is 1. The molecule has 0 bridgehead atoms. The van der Waals surface area contributed by atoms with Crippen LogP contribution in [0.4, 0.5) is 0 Å². The zero-order valence-corrected chi connectivity index (χ0v) is 11.6. The van der Waals surface area contributed by atoms with Gasteiger partial charge in [-0.3, -0.25) is 0 Å². The summed E-state index contributed by atoms with van der Waals surface area (Å²) in [4.78, 5) is 4.43. The topological polar surface area (TPSA) is 74.2 Å². The Morgan fingerprint density at radius 3 is 2.61 bits per heavy atom. The molecule has 1 aromatic rings. The van der Waals surface area contributed by atoms with E-state index in [9.17, 15) is 0 Å². The SMILES string of the molecule is CCOC(c1noc(C(N)C2CC2)n1)C(C)(C)C. The van der Waals surface area contributed by atoms with Crippen LogP contribution in [0.2, 0.25) is 0 Å². The van der Waals surface area contributed by atoms with Gasteiger partial charge in [0.1, 0.15) is 6.10 Å². The molecular formula is C13H23N3O2. The summed E-state index contributed by atoms with van der Waals surface area (Å²) >= 11 is 0. The van der Waals surface area contributed by atoms with Crippen molar-refractivity contribution in [1.82, 2.24) is 10.1 Å². The number of ether oxygens (including phenoxy) is 1. The molecule has 1 fully saturated rings. The van der Waals surface area contributed by atoms with E-state index in [1.54, 1.807) is 0 Å². The highest BCUT2D eigenvalue weighted by Crippen LogP contribution is 2.40.